The SMILES string of the molecule is CCCCCN(CCCCC)CC(C)NC(=O)C(C)n1ccc(C)n1. The standard InChI is InChI=1S/C20H38N4O/c1-6-8-10-13-23(14-11-9-7-2)16-18(4)21-20(25)19(5)24-15-12-17(3)22-24/h12,15,18-19H,6-11,13-14,16H2,1-5H3,(H,21,25). The summed E-state index contributed by atoms with van der Waals surface area (Å²) in [6.07, 6.45) is 9.40. The summed E-state index contributed by atoms with van der Waals surface area (Å²) < 4.78 is 1.73. The highest BCUT2D eigenvalue weighted by Crippen LogP contribution is 2.07. The van der Waals surface area contributed by atoms with Crippen molar-refractivity contribution in [1.29, 1.82) is 0 Å². The molecular formula is C20H38N4O. The van der Waals surface area contributed by atoms with E-state index in [0.29, 0.717) is 0 Å². The third-order valence-corrected chi connectivity index (χ3v) is 4.59. The third kappa shape index (κ3) is 8.52. The highest BCUT2D eigenvalue weighted by molar-refractivity contribution is 5.80. The fourth-order valence-electron chi connectivity index (χ4n) is 3.03. The van der Waals surface area contributed by atoms with Gasteiger partial charge in [0.1, 0.15) is 6.04 Å². The molecule has 1 aromatic rings. The second kappa shape index (κ2) is 12.1. The van der Waals surface area contributed by atoms with Gasteiger partial charge in [0.25, 0.3) is 0 Å². The van der Waals surface area contributed by atoms with Crippen molar-refractivity contribution in [3.8, 4) is 0 Å². The highest BCUT2D eigenvalue weighted by Gasteiger charge is 2.19. The van der Waals surface area contributed by atoms with Gasteiger partial charge in [0.2, 0.25) is 5.91 Å². The van der Waals surface area contributed by atoms with Crippen LogP contribution in [0.2, 0.25) is 0 Å². The van der Waals surface area contributed by atoms with Crippen molar-refractivity contribution in [3.05, 3.63) is 18.0 Å². The van der Waals surface area contributed by atoms with Gasteiger partial charge in [0.15, 0.2) is 0 Å². The summed E-state index contributed by atoms with van der Waals surface area (Å²) in [5, 5.41) is 7.50. The Labute approximate surface area is 154 Å². The van der Waals surface area contributed by atoms with Crippen molar-refractivity contribution < 1.29 is 4.79 Å². The maximum atomic E-state index is 12.5. The highest BCUT2D eigenvalue weighted by atomic mass is 16.2. The number of hydrogen-bond donors (Lipinski definition) is 1. The van der Waals surface area contributed by atoms with Crippen LogP contribution in [0.15, 0.2) is 12.3 Å². The van der Waals surface area contributed by atoms with Crippen LogP contribution in [-0.2, 0) is 4.79 Å². The summed E-state index contributed by atoms with van der Waals surface area (Å²) in [4.78, 5) is 15.0. The van der Waals surface area contributed by atoms with E-state index in [9.17, 15) is 4.79 Å². The molecule has 25 heavy (non-hydrogen) atoms. The van der Waals surface area contributed by atoms with Gasteiger partial charge in [-0.2, -0.15) is 5.10 Å². The Morgan fingerprint density at radius 1 is 1.16 bits per heavy atom. The molecule has 1 rings (SSSR count). The molecule has 1 N–H and O–H groups in total. The Hall–Kier alpha value is -1.36. The molecule has 144 valence electrons. The van der Waals surface area contributed by atoms with Crippen LogP contribution in [0.25, 0.3) is 0 Å². The molecule has 5 nitrogen and oxygen atoms in total. The maximum Gasteiger partial charge on any atom is 0.244 e. The van der Waals surface area contributed by atoms with Crippen LogP contribution in [0.1, 0.15) is 78.0 Å². The van der Waals surface area contributed by atoms with Crippen LogP contribution in [0.5, 0.6) is 0 Å². The fourth-order valence-corrected chi connectivity index (χ4v) is 3.03. The molecule has 0 aliphatic carbocycles. The molecule has 0 radical (unpaired) electrons. The van der Waals surface area contributed by atoms with Gasteiger partial charge >= 0.3 is 0 Å². The zero-order valence-corrected chi connectivity index (χ0v) is 16.9. The van der Waals surface area contributed by atoms with Gasteiger partial charge in [-0.1, -0.05) is 39.5 Å². The van der Waals surface area contributed by atoms with Crippen LogP contribution >= 0.6 is 0 Å². The molecule has 2 unspecified atom stereocenters. The van der Waals surface area contributed by atoms with Gasteiger partial charge in [0, 0.05) is 18.8 Å². The van der Waals surface area contributed by atoms with E-state index in [-0.39, 0.29) is 18.0 Å². The molecule has 0 bridgehead atoms. The van der Waals surface area contributed by atoms with E-state index in [1.807, 2.05) is 26.1 Å². The normalized spacial score (nSPS) is 13.8. The second-order valence-electron chi connectivity index (χ2n) is 7.24. The Kier molecular flexibility index (Phi) is 10.5. The van der Waals surface area contributed by atoms with Crippen molar-refractivity contribution in [2.24, 2.45) is 0 Å². The lowest BCUT2D eigenvalue weighted by atomic mass is 10.2. The molecular weight excluding hydrogens is 312 g/mol. The molecule has 0 saturated heterocycles. The topological polar surface area (TPSA) is 50.2 Å². The molecule has 0 aliphatic rings. The molecule has 1 aromatic heterocycles. The fraction of sp³-hybridized carbons (Fsp3) is 0.800. The Balaban J connectivity index is 2.47. The minimum atomic E-state index is -0.273. The average molecular weight is 351 g/mol. The zero-order chi connectivity index (χ0) is 18.7. The van der Waals surface area contributed by atoms with E-state index in [2.05, 4.69) is 36.1 Å². The number of nitrogens with zero attached hydrogens (tertiary/aromatic N) is 3. The molecule has 0 saturated carbocycles. The number of hydrogen-bond acceptors (Lipinski definition) is 3. The molecule has 5 heteroatoms. The summed E-state index contributed by atoms with van der Waals surface area (Å²) in [6.45, 7) is 13.6. The van der Waals surface area contributed by atoms with Crippen LogP contribution in [0.3, 0.4) is 0 Å². The summed E-state index contributed by atoms with van der Waals surface area (Å²) >= 11 is 0. The maximum absolute atomic E-state index is 12.5. The van der Waals surface area contributed by atoms with Crippen LogP contribution < -0.4 is 5.32 Å². The summed E-state index contributed by atoms with van der Waals surface area (Å²) in [5.41, 5.74) is 0.936. The van der Waals surface area contributed by atoms with Crippen molar-refractivity contribution in [2.75, 3.05) is 19.6 Å². The van der Waals surface area contributed by atoms with Gasteiger partial charge in [0.05, 0.1) is 5.69 Å². The van der Waals surface area contributed by atoms with Crippen molar-refractivity contribution in [1.82, 2.24) is 20.0 Å². The number of carbonyl (C=O) groups is 1. The summed E-state index contributed by atoms with van der Waals surface area (Å²) in [6, 6.07) is 1.80. The molecule has 0 aliphatic heterocycles. The lowest BCUT2D eigenvalue weighted by Gasteiger charge is -2.27. The predicted molar refractivity (Wildman–Crippen MR) is 105 cm³/mol. The first-order chi connectivity index (χ1) is 12.0. The first-order valence-corrected chi connectivity index (χ1v) is 10.0. The number of aryl methyl sites for hydroxylation is 1. The van der Waals surface area contributed by atoms with E-state index in [1.54, 1.807) is 4.68 Å². The number of amides is 1. The Morgan fingerprint density at radius 2 is 1.76 bits per heavy atom. The summed E-state index contributed by atoms with van der Waals surface area (Å²) in [7, 11) is 0. The first kappa shape index (κ1) is 21.7. The number of unbranched alkanes of at least 4 members (excludes halogenated alkanes) is 4. The first-order valence-electron chi connectivity index (χ1n) is 10.0. The quantitative estimate of drug-likeness (QED) is 0.548. The zero-order valence-electron chi connectivity index (χ0n) is 16.9. The van der Waals surface area contributed by atoms with Gasteiger partial charge < -0.3 is 10.2 Å². The van der Waals surface area contributed by atoms with Crippen LogP contribution in [-0.4, -0.2) is 46.3 Å². The third-order valence-electron chi connectivity index (χ3n) is 4.59. The van der Waals surface area contributed by atoms with Gasteiger partial charge in [-0.15, -0.1) is 0 Å². The molecule has 0 spiro atoms. The predicted octanol–water partition coefficient (Wildman–Crippen LogP) is 3.94. The second-order valence-corrected chi connectivity index (χ2v) is 7.24. The molecule has 0 aromatic carbocycles. The van der Waals surface area contributed by atoms with E-state index in [0.717, 1.165) is 25.3 Å². The van der Waals surface area contributed by atoms with E-state index in [4.69, 9.17) is 0 Å². The number of aromatic nitrogens is 2. The van der Waals surface area contributed by atoms with E-state index in [1.165, 1.54) is 38.5 Å². The molecule has 0 fully saturated rings. The van der Waals surface area contributed by atoms with Crippen molar-refractivity contribution >= 4 is 5.91 Å². The minimum Gasteiger partial charge on any atom is -0.351 e. The minimum absolute atomic E-state index is 0.0395. The van der Waals surface area contributed by atoms with Gasteiger partial charge in [-0.05, 0) is 52.8 Å². The van der Waals surface area contributed by atoms with Gasteiger partial charge in [-0.25, -0.2) is 0 Å². The van der Waals surface area contributed by atoms with Crippen LogP contribution in [0.4, 0.5) is 0 Å². The monoisotopic (exact) mass is 350 g/mol. The van der Waals surface area contributed by atoms with E-state index >= 15 is 0 Å². The largest absolute Gasteiger partial charge is 0.351 e. The number of rotatable bonds is 13. The smallest absolute Gasteiger partial charge is 0.244 e. The molecule has 1 heterocycles. The van der Waals surface area contributed by atoms with Crippen molar-refractivity contribution in [2.45, 2.75) is 85.2 Å². The molecule has 1 amide bonds. The van der Waals surface area contributed by atoms with E-state index < -0.39 is 0 Å². The average Bonchev–Trinajstić information content (AvgIpc) is 3.00. The lowest BCUT2D eigenvalue weighted by molar-refractivity contribution is -0.124. The van der Waals surface area contributed by atoms with Crippen molar-refractivity contribution in [3.63, 3.8) is 0 Å². The Bertz CT molecular complexity index is 476. The summed E-state index contributed by atoms with van der Waals surface area (Å²) in [5.74, 6) is 0.0395. The van der Waals surface area contributed by atoms with Crippen LogP contribution in [0, 0.1) is 6.92 Å². The molecule has 2 atom stereocenters. The Morgan fingerprint density at radius 3 is 2.24 bits per heavy atom. The van der Waals surface area contributed by atoms with Gasteiger partial charge in [-0.3, -0.25) is 9.48 Å². The number of carbonyl (C=O) groups excluding carboxylic acids is 1. The number of nitrogens with one attached hydrogen (secondary N) is 1. The lowest BCUT2D eigenvalue weighted by Crippen LogP contribution is -2.44.